The van der Waals surface area contributed by atoms with Crippen molar-refractivity contribution in [3.8, 4) is 0 Å². The summed E-state index contributed by atoms with van der Waals surface area (Å²) in [4.78, 5) is 14.0. The molecule has 24 heavy (non-hydrogen) atoms. The summed E-state index contributed by atoms with van der Waals surface area (Å²) >= 11 is 3.20. The van der Waals surface area contributed by atoms with Gasteiger partial charge in [-0.15, -0.1) is 0 Å². The Balaban J connectivity index is 1.79. The summed E-state index contributed by atoms with van der Waals surface area (Å²) in [5, 5.41) is 0. The smallest absolute Gasteiger partial charge is 0.245 e. The molecule has 2 aromatic carbocycles. The van der Waals surface area contributed by atoms with Gasteiger partial charge in [0.2, 0.25) is 15.9 Å². The number of carbonyl (C=O) groups excluding carboxylic acids is 1. The van der Waals surface area contributed by atoms with Crippen molar-refractivity contribution in [3.63, 3.8) is 0 Å². The molecule has 0 saturated carbocycles. The van der Waals surface area contributed by atoms with E-state index in [-0.39, 0.29) is 10.8 Å². The number of hydrogen-bond acceptors (Lipinski definition) is 3. The summed E-state index contributed by atoms with van der Waals surface area (Å²) in [6.07, 6.45) is 0.347. The molecule has 0 bridgehead atoms. The quantitative estimate of drug-likeness (QED) is 0.839. The highest BCUT2D eigenvalue weighted by Gasteiger charge is 2.36. The molecule has 1 saturated heterocycles. The van der Waals surface area contributed by atoms with Gasteiger partial charge in [-0.25, -0.2) is 12.8 Å². The predicted octanol–water partition coefficient (Wildman–Crippen LogP) is 2.67. The normalized spacial score (nSPS) is 18.2. The summed E-state index contributed by atoms with van der Waals surface area (Å²) in [7, 11) is -3.82. The van der Waals surface area contributed by atoms with Crippen LogP contribution in [0.4, 0.5) is 10.1 Å². The first-order valence-electron chi connectivity index (χ1n) is 7.22. The van der Waals surface area contributed by atoms with Crippen molar-refractivity contribution in [2.75, 3.05) is 11.4 Å². The Morgan fingerprint density at radius 3 is 2.46 bits per heavy atom. The lowest BCUT2D eigenvalue weighted by Crippen LogP contribution is -2.41. The second-order valence-corrected chi connectivity index (χ2v) is 7.90. The topological polar surface area (TPSA) is 66.5 Å². The molecule has 1 amide bonds. The summed E-state index contributed by atoms with van der Waals surface area (Å²) in [6.45, 7) is 0.369. The third-order valence-corrected chi connectivity index (χ3v) is 6.25. The molecule has 126 valence electrons. The standard InChI is InChI=1S/C16H14BrFN2O3S/c17-13-3-1-2-4-15(13)24(22,23)19-14-9-10-20(16(14)21)12-7-5-11(18)6-8-12/h1-8,14,19H,9-10H2/t14-/m1/s1. The van der Waals surface area contributed by atoms with E-state index in [4.69, 9.17) is 0 Å². The predicted molar refractivity (Wildman–Crippen MR) is 91.6 cm³/mol. The van der Waals surface area contributed by atoms with E-state index in [0.29, 0.717) is 23.1 Å². The zero-order valence-electron chi connectivity index (χ0n) is 12.4. The number of nitrogens with zero attached hydrogens (tertiary/aromatic N) is 1. The van der Waals surface area contributed by atoms with Crippen molar-refractivity contribution in [2.45, 2.75) is 17.4 Å². The van der Waals surface area contributed by atoms with Crippen LogP contribution in [0.25, 0.3) is 0 Å². The highest BCUT2D eigenvalue weighted by atomic mass is 79.9. The van der Waals surface area contributed by atoms with Crippen molar-refractivity contribution in [3.05, 3.63) is 58.8 Å². The van der Waals surface area contributed by atoms with Crippen LogP contribution >= 0.6 is 15.9 Å². The van der Waals surface area contributed by atoms with Crippen molar-refractivity contribution < 1.29 is 17.6 Å². The number of anilines is 1. The fraction of sp³-hybridized carbons (Fsp3) is 0.188. The second kappa shape index (κ2) is 6.62. The van der Waals surface area contributed by atoms with Crippen LogP contribution in [0.1, 0.15) is 6.42 Å². The molecule has 5 nitrogen and oxygen atoms in total. The van der Waals surface area contributed by atoms with Gasteiger partial charge in [0, 0.05) is 16.7 Å². The molecule has 0 radical (unpaired) electrons. The minimum absolute atomic E-state index is 0.0815. The van der Waals surface area contributed by atoms with Gasteiger partial charge in [0.05, 0.1) is 4.90 Å². The maximum absolute atomic E-state index is 13.0. The van der Waals surface area contributed by atoms with E-state index in [1.165, 1.54) is 35.2 Å². The largest absolute Gasteiger partial charge is 0.311 e. The van der Waals surface area contributed by atoms with E-state index >= 15 is 0 Å². The van der Waals surface area contributed by atoms with Crippen LogP contribution in [-0.4, -0.2) is 26.9 Å². The maximum atomic E-state index is 13.0. The zero-order valence-corrected chi connectivity index (χ0v) is 14.8. The molecule has 8 heteroatoms. The molecule has 3 rings (SSSR count). The van der Waals surface area contributed by atoms with Gasteiger partial charge in [-0.1, -0.05) is 12.1 Å². The fourth-order valence-electron chi connectivity index (χ4n) is 2.58. The Kier molecular flexibility index (Phi) is 4.71. The summed E-state index contributed by atoms with van der Waals surface area (Å²) in [5.74, 6) is -0.742. The van der Waals surface area contributed by atoms with Gasteiger partial charge < -0.3 is 4.90 Å². The van der Waals surface area contributed by atoms with Gasteiger partial charge in [-0.2, -0.15) is 4.72 Å². The first kappa shape index (κ1) is 17.1. The molecule has 1 N–H and O–H groups in total. The molecular formula is C16H14BrFN2O3S. The molecule has 0 spiro atoms. The number of halogens is 2. The number of rotatable bonds is 4. The number of benzene rings is 2. The first-order valence-corrected chi connectivity index (χ1v) is 9.50. The van der Waals surface area contributed by atoms with Gasteiger partial charge in [-0.3, -0.25) is 4.79 Å². The summed E-state index contributed by atoms with van der Waals surface area (Å²) in [5.41, 5.74) is 0.545. The summed E-state index contributed by atoms with van der Waals surface area (Å²) < 4.78 is 40.8. The van der Waals surface area contributed by atoms with Crippen LogP contribution in [0.5, 0.6) is 0 Å². The van der Waals surface area contributed by atoms with Gasteiger partial charge >= 0.3 is 0 Å². The number of amides is 1. The molecule has 1 fully saturated rings. The molecule has 1 heterocycles. The number of nitrogens with one attached hydrogen (secondary N) is 1. The third-order valence-electron chi connectivity index (χ3n) is 3.77. The highest BCUT2D eigenvalue weighted by Crippen LogP contribution is 2.25. The average molecular weight is 413 g/mol. The van der Waals surface area contributed by atoms with E-state index in [9.17, 15) is 17.6 Å². The summed E-state index contributed by atoms with van der Waals surface area (Å²) in [6, 6.07) is 11.1. The fourth-order valence-corrected chi connectivity index (χ4v) is 4.81. The van der Waals surface area contributed by atoms with Gasteiger partial charge in [0.1, 0.15) is 11.9 Å². The second-order valence-electron chi connectivity index (χ2n) is 5.36. The lowest BCUT2D eigenvalue weighted by molar-refractivity contribution is -0.118. The van der Waals surface area contributed by atoms with Crippen molar-refractivity contribution in [1.29, 1.82) is 0 Å². The zero-order chi connectivity index (χ0) is 17.3. The van der Waals surface area contributed by atoms with Crippen LogP contribution in [0.2, 0.25) is 0 Å². The van der Waals surface area contributed by atoms with Crippen LogP contribution in [-0.2, 0) is 14.8 Å². The molecule has 2 aromatic rings. The minimum atomic E-state index is -3.82. The number of hydrogen-bond donors (Lipinski definition) is 1. The minimum Gasteiger partial charge on any atom is -0.311 e. The first-order chi connectivity index (χ1) is 11.4. The van der Waals surface area contributed by atoms with E-state index < -0.39 is 21.9 Å². The van der Waals surface area contributed by atoms with Crippen molar-refractivity contribution >= 4 is 37.5 Å². The average Bonchev–Trinajstić information content (AvgIpc) is 2.89. The molecule has 1 atom stereocenters. The highest BCUT2D eigenvalue weighted by molar-refractivity contribution is 9.10. The molecule has 1 aliphatic heterocycles. The van der Waals surface area contributed by atoms with E-state index in [1.54, 1.807) is 18.2 Å². The van der Waals surface area contributed by atoms with E-state index in [1.807, 2.05) is 0 Å². The molecular weight excluding hydrogens is 399 g/mol. The van der Waals surface area contributed by atoms with E-state index in [2.05, 4.69) is 20.7 Å². The van der Waals surface area contributed by atoms with Gasteiger partial charge in [-0.05, 0) is 58.7 Å². The monoisotopic (exact) mass is 412 g/mol. The van der Waals surface area contributed by atoms with Crippen LogP contribution in [0.15, 0.2) is 57.9 Å². The lowest BCUT2D eigenvalue weighted by atomic mass is 10.3. The maximum Gasteiger partial charge on any atom is 0.245 e. The lowest BCUT2D eigenvalue weighted by Gasteiger charge is -2.17. The Labute approximate surface area is 147 Å². The molecule has 0 aliphatic carbocycles. The molecule has 0 unspecified atom stereocenters. The number of carbonyl (C=O) groups is 1. The van der Waals surface area contributed by atoms with Crippen molar-refractivity contribution in [2.24, 2.45) is 0 Å². The third kappa shape index (κ3) is 3.35. The number of sulfonamides is 1. The van der Waals surface area contributed by atoms with Gasteiger partial charge in [0.15, 0.2) is 0 Å². The van der Waals surface area contributed by atoms with Crippen molar-refractivity contribution in [1.82, 2.24) is 4.72 Å². The van der Waals surface area contributed by atoms with Gasteiger partial charge in [0.25, 0.3) is 0 Å². The van der Waals surface area contributed by atoms with Crippen LogP contribution in [0.3, 0.4) is 0 Å². The van der Waals surface area contributed by atoms with Crippen LogP contribution < -0.4 is 9.62 Å². The Hall–Kier alpha value is -1.77. The Morgan fingerprint density at radius 2 is 1.79 bits per heavy atom. The SMILES string of the molecule is O=C1[C@H](NS(=O)(=O)c2ccccc2Br)CCN1c1ccc(F)cc1. The molecule has 1 aliphatic rings. The van der Waals surface area contributed by atoms with E-state index in [0.717, 1.165) is 0 Å². The molecule has 0 aromatic heterocycles. The Bertz CT molecular complexity index is 871. The van der Waals surface area contributed by atoms with Crippen LogP contribution in [0, 0.1) is 5.82 Å². The Morgan fingerprint density at radius 1 is 1.12 bits per heavy atom.